The summed E-state index contributed by atoms with van der Waals surface area (Å²) in [4.78, 5) is 26.6. The van der Waals surface area contributed by atoms with Crippen molar-refractivity contribution in [3.05, 3.63) is 47.5 Å². The second-order valence-electron chi connectivity index (χ2n) is 6.90. The van der Waals surface area contributed by atoms with Crippen LogP contribution in [0.15, 0.2) is 42.5 Å². The number of benzene rings is 2. The lowest BCUT2D eigenvalue weighted by Crippen LogP contribution is -2.33. The van der Waals surface area contributed by atoms with Gasteiger partial charge in [-0.15, -0.1) is 23.7 Å². The molecule has 9 heteroatoms. The highest BCUT2D eigenvalue weighted by molar-refractivity contribution is 7.23. The minimum absolute atomic E-state index is 0. The summed E-state index contributed by atoms with van der Waals surface area (Å²) in [5.41, 5.74) is 1.63. The summed E-state index contributed by atoms with van der Waals surface area (Å²) >= 11 is 2.92. The molecule has 0 atom stereocenters. The van der Waals surface area contributed by atoms with E-state index in [0.29, 0.717) is 22.4 Å². The zero-order chi connectivity index (χ0) is 20.4. The van der Waals surface area contributed by atoms with Gasteiger partial charge in [0.25, 0.3) is 5.91 Å². The van der Waals surface area contributed by atoms with Crippen LogP contribution in [-0.4, -0.2) is 55.1 Å². The van der Waals surface area contributed by atoms with E-state index in [0.717, 1.165) is 33.4 Å². The first-order chi connectivity index (χ1) is 14.1. The molecule has 1 amide bonds. The molecule has 0 fully saturated rings. The normalized spacial score (nSPS) is 11.1. The van der Waals surface area contributed by atoms with Crippen LogP contribution in [0, 0.1) is 0 Å². The number of thiazole rings is 2. The van der Waals surface area contributed by atoms with Crippen molar-refractivity contribution in [1.82, 2.24) is 14.9 Å². The molecule has 158 valence electrons. The molecule has 6 nitrogen and oxygen atoms in total. The third-order valence-corrected chi connectivity index (χ3v) is 6.60. The number of para-hydroxylation sites is 2. The van der Waals surface area contributed by atoms with E-state index in [1.54, 1.807) is 12.0 Å². The van der Waals surface area contributed by atoms with Crippen LogP contribution >= 0.6 is 35.1 Å². The molecule has 0 unspecified atom stereocenters. The monoisotopic (exact) mass is 462 g/mol. The summed E-state index contributed by atoms with van der Waals surface area (Å²) in [7, 11) is 5.69. The van der Waals surface area contributed by atoms with Gasteiger partial charge in [0.15, 0.2) is 10.1 Å². The molecule has 0 bridgehead atoms. The van der Waals surface area contributed by atoms with Crippen LogP contribution in [0.5, 0.6) is 5.75 Å². The average molecular weight is 463 g/mol. The fraction of sp³-hybridized carbons (Fsp3) is 0.286. The van der Waals surface area contributed by atoms with E-state index in [2.05, 4.69) is 9.88 Å². The third-order valence-electron chi connectivity index (χ3n) is 4.53. The number of nitrogens with zero attached hydrogens (tertiary/aromatic N) is 4. The van der Waals surface area contributed by atoms with E-state index >= 15 is 0 Å². The number of anilines is 1. The van der Waals surface area contributed by atoms with Crippen molar-refractivity contribution in [3.8, 4) is 5.75 Å². The SMILES string of the molecule is COc1cccc2sc(N(CCCN(C)C)C(=O)c3nc4ccccc4s3)nc12.Cl. The Morgan fingerprint density at radius 3 is 2.50 bits per heavy atom. The van der Waals surface area contributed by atoms with Gasteiger partial charge in [0.2, 0.25) is 0 Å². The van der Waals surface area contributed by atoms with Gasteiger partial charge in [-0.25, -0.2) is 9.97 Å². The standard InChI is InChI=1S/C21H22N4O2S2.ClH/c1-24(2)12-7-13-25(20(26)19-22-14-8-4-5-10-16(14)28-19)21-23-18-15(27-3)9-6-11-17(18)29-21;/h4-6,8-11H,7,12-13H2,1-3H3;1H. The highest BCUT2D eigenvalue weighted by atomic mass is 35.5. The lowest BCUT2D eigenvalue weighted by atomic mass is 10.3. The van der Waals surface area contributed by atoms with Gasteiger partial charge in [0, 0.05) is 6.54 Å². The van der Waals surface area contributed by atoms with Crippen LogP contribution in [0.4, 0.5) is 5.13 Å². The molecule has 2 aromatic heterocycles. The highest BCUT2D eigenvalue weighted by Crippen LogP contribution is 2.35. The number of ether oxygens (including phenoxy) is 1. The van der Waals surface area contributed by atoms with Crippen molar-refractivity contribution >= 4 is 66.6 Å². The lowest BCUT2D eigenvalue weighted by molar-refractivity contribution is 0.0986. The van der Waals surface area contributed by atoms with E-state index in [1.165, 1.54) is 22.7 Å². The summed E-state index contributed by atoms with van der Waals surface area (Å²) in [5.74, 6) is 0.605. The number of amides is 1. The predicted octanol–water partition coefficient (Wildman–Crippen LogP) is 4.93. The smallest absolute Gasteiger partial charge is 0.289 e. The maximum Gasteiger partial charge on any atom is 0.289 e. The Morgan fingerprint density at radius 1 is 1.00 bits per heavy atom. The third kappa shape index (κ3) is 4.57. The lowest BCUT2D eigenvalue weighted by Gasteiger charge is -2.19. The van der Waals surface area contributed by atoms with E-state index < -0.39 is 0 Å². The second kappa shape index (κ2) is 9.70. The van der Waals surface area contributed by atoms with E-state index in [9.17, 15) is 4.79 Å². The molecule has 4 aromatic rings. The molecule has 0 saturated heterocycles. The van der Waals surface area contributed by atoms with Crippen LogP contribution in [0.1, 0.15) is 16.2 Å². The zero-order valence-electron chi connectivity index (χ0n) is 17.0. The Hall–Kier alpha value is -2.26. The first-order valence-electron chi connectivity index (χ1n) is 9.32. The van der Waals surface area contributed by atoms with E-state index in [4.69, 9.17) is 9.72 Å². The number of carbonyl (C=O) groups is 1. The molecular formula is C21H23ClN4O2S2. The first-order valence-corrected chi connectivity index (χ1v) is 11.0. The van der Waals surface area contributed by atoms with Crippen molar-refractivity contribution in [1.29, 1.82) is 0 Å². The van der Waals surface area contributed by atoms with E-state index in [-0.39, 0.29) is 18.3 Å². The minimum Gasteiger partial charge on any atom is -0.494 e. The summed E-state index contributed by atoms with van der Waals surface area (Å²) in [6.45, 7) is 1.47. The average Bonchev–Trinajstić information content (AvgIpc) is 3.34. The minimum atomic E-state index is -0.108. The van der Waals surface area contributed by atoms with Crippen LogP contribution < -0.4 is 9.64 Å². The zero-order valence-corrected chi connectivity index (χ0v) is 19.4. The van der Waals surface area contributed by atoms with Gasteiger partial charge >= 0.3 is 0 Å². The fourth-order valence-corrected chi connectivity index (χ4v) is 5.02. The molecule has 2 aromatic carbocycles. The van der Waals surface area contributed by atoms with Crippen molar-refractivity contribution in [3.63, 3.8) is 0 Å². The number of carbonyl (C=O) groups excluding carboxylic acids is 1. The quantitative estimate of drug-likeness (QED) is 0.389. The molecule has 0 radical (unpaired) electrons. The van der Waals surface area contributed by atoms with Gasteiger partial charge in [-0.1, -0.05) is 29.5 Å². The maximum absolute atomic E-state index is 13.4. The van der Waals surface area contributed by atoms with Crippen LogP contribution in [0.3, 0.4) is 0 Å². The first kappa shape index (κ1) is 22.4. The van der Waals surface area contributed by atoms with Crippen molar-refractivity contribution in [2.45, 2.75) is 6.42 Å². The highest BCUT2D eigenvalue weighted by Gasteiger charge is 2.24. The molecular weight excluding hydrogens is 440 g/mol. The van der Waals surface area contributed by atoms with Gasteiger partial charge in [0.1, 0.15) is 11.3 Å². The molecule has 2 heterocycles. The van der Waals surface area contributed by atoms with Crippen LogP contribution in [-0.2, 0) is 0 Å². The summed E-state index contributed by atoms with van der Waals surface area (Å²) in [5, 5.41) is 1.16. The Bertz CT molecular complexity index is 1130. The molecule has 30 heavy (non-hydrogen) atoms. The maximum atomic E-state index is 13.4. The van der Waals surface area contributed by atoms with Gasteiger partial charge in [-0.3, -0.25) is 9.69 Å². The summed E-state index contributed by atoms with van der Waals surface area (Å²) < 4.78 is 7.45. The van der Waals surface area contributed by atoms with Crippen molar-refractivity contribution in [2.24, 2.45) is 0 Å². The van der Waals surface area contributed by atoms with Crippen LogP contribution in [0.2, 0.25) is 0 Å². The van der Waals surface area contributed by atoms with Gasteiger partial charge in [-0.2, -0.15) is 0 Å². The largest absolute Gasteiger partial charge is 0.494 e. The Morgan fingerprint density at radius 2 is 1.77 bits per heavy atom. The second-order valence-corrected chi connectivity index (χ2v) is 8.94. The number of hydrogen-bond donors (Lipinski definition) is 0. The van der Waals surface area contributed by atoms with Crippen LogP contribution in [0.25, 0.3) is 20.4 Å². The number of fused-ring (bicyclic) bond motifs is 2. The fourth-order valence-electron chi connectivity index (χ4n) is 3.10. The van der Waals surface area contributed by atoms with Crippen molar-refractivity contribution < 1.29 is 9.53 Å². The topological polar surface area (TPSA) is 58.6 Å². The number of aromatic nitrogens is 2. The molecule has 4 rings (SSSR count). The molecule has 0 aliphatic heterocycles. The Labute approximate surface area is 189 Å². The molecule has 0 aliphatic rings. The Kier molecular flexibility index (Phi) is 7.25. The molecule has 0 spiro atoms. The molecule has 0 aliphatic carbocycles. The summed E-state index contributed by atoms with van der Waals surface area (Å²) in [6.07, 6.45) is 0.844. The summed E-state index contributed by atoms with van der Waals surface area (Å²) in [6, 6.07) is 13.6. The van der Waals surface area contributed by atoms with Crippen molar-refractivity contribution in [2.75, 3.05) is 39.2 Å². The van der Waals surface area contributed by atoms with E-state index in [1.807, 2.05) is 56.6 Å². The number of methoxy groups -OCH3 is 1. The molecule has 0 saturated carbocycles. The number of halogens is 1. The van der Waals surface area contributed by atoms with Gasteiger partial charge in [0.05, 0.1) is 22.0 Å². The number of rotatable bonds is 7. The Balaban J connectivity index is 0.00000256. The van der Waals surface area contributed by atoms with Gasteiger partial charge < -0.3 is 9.64 Å². The number of hydrogen-bond acceptors (Lipinski definition) is 7. The van der Waals surface area contributed by atoms with Gasteiger partial charge in [-0.05, 0) is 51.3 Å². The predicted molar refractivity (Wildman–Crippen MR) is 128 cm³/mol. The molecule has 0 N–H and O–H groups in total.